The molecule has 6 heteroatoms. The van der Waals surface area contributed by atoms with Crippen LogP contribution in [0.15, 0.2) is 12.1 Å². The number of alkyl halides is 3. The molecule has 0 aliphatic carbocycles. The maximum absolute atomic E-state index is 12.5. The third-order valence-electron chi connectivity index (χ3n) is 1.72. The number of halogens is 5. The van der Waals surface area contributed by atoms with Gasteiger partial charge in [0.05, 0.1) is 18.1 Å². The highest BCUT2D eigenvalue weighted by Gasteiger charge is 2.34. The Kier molecular flexibility index (Phi) is 3.48. The van der Waals surface area contributed by atoms with E-state index in [0.717, 1.165) is 6.07 Å². The smallest absolute Gasteiger partial charge is 0.198 e. The van der Waals surface area contributed by atoms with Crippen molar-refractivity contribution in [1.82, 2.24) is 0 Å². The molecule has 0 amide bonds. The zero-order valence-corrected chi connectivity index (χ0v) is 8.71. The summed E-state index contributed by atoms with van der Waals surface area (Å²) in [5.74, 6) is 0. The molecule has 0 aromatic heterocycles. The van der Waals surface area contributed by atoms with Gasteiger partial charge >= 0.3 is 6.18 Å². The standard InChI is InChI=1S/C9H4Cl2F3N/c10-5-3-7(9(12,13)14)6(1-2-15)8(11)4-5/h3-4H,1H2. The van der Waals surface area contributed by atoms with Crippen LogP contribution in [0.2, 0.25) is 10.0 Å². The summed E-state index contributed by atoms with van der Waals surface area (Å²) in [6.45, 7) is 0. The zero-order valence-electron chi connectivity index (χ0n) is 7.20. The average molecular weight is 254 g/mol. The van der Waals surface area contributed by atoms with Crippen LogP contribution < -0.4 is 0 Å². The maximum atomic E-state index is 12.5. The molecule has 1 aromatic carbocycles. The Morgan fingerprint density at radius 3 is 2.33 bits per heavy atom. The molecule has 0 fully saturated rings. The summed E-state index contributed by atoms with van der Waals surface area (Å²) < 4.78 is 37.5. The van der Waals surface area contributed by atoms with Crippen molar-refractivity contribution >= 4 is 23.2 Å². The summed E-state index contributed by atoms with van der Waals surface area (Å²) >= 11 is 11.0. The van der Waals surface area contributed by atoms with Gasteiger partial charge in [0.25, 0.3) is 0 Å². The number of hydrogen-bond acceptors (Lipinski definition) is 1. The minimum atomic E-state index is -4.55. The summed E-state index contributed by atoms with van der Waals surface area (Å²) in [5.41, 5.74) is -1.20. The summed E-state index contributed by atoms with van der Waals surface area (Å²) in [4.78, 5) is 0. The lowest BCUT2D eigenvalue weighted by atomic mass is 10.0. The molecule has 15 heavy (non-hydrogen) atoms. The van der Waals surface area contributed by atoms with Gasteiger partial charge in [-0.3, -0.25) is 0 Å². The lowest BCUT2D eigenvalue weighted by Crippen LogP contribution is -2.09. The molecular weight excluding hydrogens is 250 g/mol. The molecule has 1 rings (SSSR count). The molecule has 0 N–H and O–H groups in total. The Labute approximate surface area is 94.0 Å². The van der Waals surface area contributed by atoms with Crippen molar-refractivity contribution in [3.8, 4) is 6.07 Å². The van der Waals surface area contributed by atoms with E-state index in [1.54, 1.807) is 6.07 Å². The van der Waals surface area contributed by atoms with Crippen LogP contribution in [0.5, 0.6) is 0 Å². The number of benzene rings is 1. The second-order valence-electron chi connectivity index (χ2n) is 2.75. The van der Waals surface area contributed by atoms with Crippen molar-refractivity contribution in [2.45, 2.75) is 12.6 Å². The van der Waals surface area contributed by atoms with Gasteiger partial charge in [-0.1, -0.05) is 23.2 Å². The van der Waals surface area contributed by atoms with Crippen molar-refractivity contribution in [2.24, 2.45) is 0 Å². The lowest BCUT2D eigenvalue weighted by molar-refractivity contribution is -0.138. The topological polar surface area (TPSA) is 23.8 Å². The van der Waals surface area contributed by atoms with E-state index >= 15 is 0 Å². The van der Waals surface area contributed by atoms with E-state index in [0.29, 0.717) is 0 Å². The Morgan fingerprint density at radius 1 is 1.27 bits per heavy atom. The summed E-state index contributed by atoms with van der Waals surface area (Å²) in [6, 6.07) is 3.58. The van der Waals surface area contributed by atoms with Crippen LogP contribution in [-0.2, 0) is 12.6 Å². The first-order chi connectivity index (χ1) is 6.86. The van der Waals surface area contributed by atoms with Gasteiger partial charge in [0, 0.05) is 10.0 Å². The molecule has 0 aliphatic rings. The first kappa shape index (κ1) is 12.2. The van der Waals surface area contributed by atoms with Gasteiger partial charge in [0.2, 0.25) is 0 Å². The molecule has 0 bridgehead atoms. The quantitative estimate of drug-likeness (QED) is 0.740. The van der Waals surface area contributed by atoms with Crippen molar-refractivity contribution in [2.75, 3.05) is 0 Å². The Hall–Kier alpha value is -0.920. The van der Waals surface area contributed by atoms with E-state index in [1.807, 2.05) is 0 Å². The molecule has 0 aliphatic heterocycles. The Bertz CT molecular complexity index is 421. The summed E-state index contributed by atoms with van der Waals surface area (Å²) in [5, 5.41) is 8.15. The summed E-state index contributed by atoms with van der Waals surface area (Å²) in [7, 11) is 0. The Balaban J connectivity index is 3.41. The van der Waals surface area contributed by atoms with Gasteiger partial charge in [-0.2, -0.15) is 18.4 Å². The van der Waals surface area contributed by atoms with Crippen LogP contribution >= 0.6 is 23.2 Å². The predicted octanol–water partition coefficient (Wildman–Crippen LogP) is 4.08. The first-order valence-electron chi connectivity index (χ1n) is 3.78. The second kappa shape index (κ2) is 4.30. The lowest BCUT2D eigenvalue weighted by Gasteiger charge is -2.12. The third-order valence-corrected chi connectivity index (χ3v) is 2.28. The molecule has 0 radical (unpaired) electrons. The van der Waals surface area contributed by atoms with Crippen LogP contribution in [0.25, 0.3) is 0 Å². The van der Waals surface area contributed by atoms with Gasteiger partial charge in [-0.25, -0.2) is 0 Å². The molecule has 0 saturated heterocycles. The van der Waals surface area contributed by atoms with E-state index in [4.69, 9.17) is 28.5 Å². The largest absolute Gasteiger partial charge is 0.416 e. The van der Waals surface area contributed by atoms with E-state index in [2.05, 4.69) is 0 Å². The third kappa shape index (κ3) is 2.77. The van der Waals surface area contributed by atoms with Gasteiger partial charge in [0.15, 0.2) is 0 Å². The highest BCUT2D eigenvalue weighted by Crippen LogP contribution is 2.37. The molecule has 0 unspecified atom stereocenters. The fourth-order valence-corrected chi connectivity index (χ4v) is 1.68. The van der Waals surface area contributed by atoms with Gasteiger partial charge < -0.3 is 0 Å². The fourth-order valence-electron chi connectivity index (χ4n) is 1.12. The van der Waals surface area contributed by atoms with E-state index in [1.165, 1.54) is 6.07 Å². The van der Waals surface area contributed by atoms with Gasteiger partial charge in [0.1, 0.15) is 0 Å². The zero-order chi connectivity index (χ0) is 11.6. The molecular formula is C9H4Cl2F3N. The van der Waals surface area contributed by atoms with Crippen molar-refractivity contribution in [3.05, 3.63) is 33.3 Å². The van der Waals surface area contributed by atoms with Crippen molar-refractivity contribution in [1.29, 1.82) is 5.26 Å². The van der Waals surface area contributed by atoms with Crippen LogP contribution in [0.4, 0.5) is 13.2 Å². The summed E-state index contributed by atoms with van der Waals surface area (Å²) in [6.07, 6.45) is -4.95. The monoisotopic (exact) mass is 253 g/mol. The fraction of sp³-hybridized carbons (Fsp3) is 0.222. The molecule has 0 saturated carbocycles. The molecule has 0 heterocycles. The molecule has 0 spiro atoms. The van der Waals surface area contributed by atoms with E-state index in [9.17, 15) is 13.2 Å². The van der Waals surface area contributed by atoms with Gasteiger partial charge in [-0.15, -0.1) is 0 Å². The van der Waals surface area contributed by atoms with Crippen LogP contribution in [0.1, 0.15) is 11.1 Å². The maximum Gasteiger partial charge on any atom is 0.416 e. The van der Waals surface area contributed by atoms with Crippen LogP contribution in [-0.4, -0.2) is 0 Å². The minimum Gasteiger partial charge on any atom is -0.198 e. The SMILES string of the molecule is N#CCc1c(Cl)cc(Cl)cc1C(F)(F)F. The van der Waals surface area contributed by atoms with Gasteiger partial charge in [-0.05, 0) is 17.7 Å². The van der Waals surface area contributed by atoms with Crippen molar-refractivity contribution < 1.29 is 13.2 Å². The minimum absolute atomic E-state index is 0.103. The molecule has 1 aromatic rings. The predicted molar refractivity (Wildman–Crippen MR) is 50.8 cm³/mol. The average Bonchev–Trinajstić information content (AvgIpc) is 2.07. The Morgan fingerprint density at radius 2 is 1.87 bits per heavy atom. The second-order valence-corrected chi connectivity index (χ2v) is 3.59. The van der Waals surface area contributed by atoms with Crippen LogP contribution in [0.3, 0.4) is 0 Å². The highest BCUT2D eigenvalue weighted by atomic mass is 35.5. The number of hydrogen-bond donors (Lipinski definition) is 0. The normalized spacial score (nSPS) is 11.2. The first-order valence-corrected chi connectivity index (χ1v) is 4.54. The molecule has 1 nitrogen and oxygen atoms in total. The van der Waals surface area contributed by atoms with Crippen molar-refractivity contribution in [3.63, 3.8) is 0 Å². The van der Waals surface area contributed by atoms with E-state index < -0.39 is 18.2 Å². The number of rotatable bonds is 1. The molecule has 80 valence electrons. The van der Waals surface area contributed by atoms with E-state index in [-0.39, 0.29) is 15.6 Å². The highest BCUT2D eigenvalue weighted by molar-refractivity contribution is 6.35. The van der Waals surface area contributed by atoms with Crippen LogP contribution in [0, 0.1) is 11.3 Å². The number of nitriles is 1. The molecule has 0 atom stereocenters. The number of nitrogens with zero attached hydrogens (tertiary/aromatic N) is 1.